The molecule has 0 fully saturated rings. The van der Waals surface area contributed by atoms with Gasteiger partial charge in [-0.1, -0.05) is 12.1 Å². The molecule has 5 heteroatoms. The van der Waals surface area contributed by atoms with Gasteiger partial charge in [-0.2, -0.15) is 0 Å². The van der Waals surface area contributed by atoms with Crippen LogP contribution in [0, 0.1) is 0 Å². The molecule has 0 saturated carbocycles. The van der Waals surface area contributed by atoms with Crippen molar-refractivity contribution in [1.29, 1.82) is 0 Å². The van der Waals surface area contributed by atoms with Crippen molar-refractivity contribution in [2.24, 2.45) is 0 Å². The summed E-state index contributed by atoms with van der Waals surface area (Å²) in [7, 11) is 0. The molecule has 0 radical (unpaired) electrons. The summed E-state index contributed by atoms with van der Waals surface area (Å²) in [5, 5.41) is 2.65. The van der Waals surface area contributed by atoms with Crippen LogP contribution in [-0.2, 0) is 16.1 Å². The van der Waals surface area contributed by atoms with Gasteiger partial charge in [-0.05, 0) is 38.5 Å². The second-order valence-electron chi connectivity index (χ2n) is 4.98. The highest BCUT2D eigenvalue weighted by Crippen LogP contribution is 2.13. The van der Waals surface area contributed by atoms with E-state index in [4.69, 9.17) is 9.47 Å². The van der Waals surface area contributed by atoms with Crippen LogP contribution in [0.1, 0.15) is 26.3 Å². The average molecular weight is 265 g/mol. The van der Waals surface area contributed by atoms with Crippen LogP contribution in [0.25, 0.3) is 0 Å². The van der Waals surface area contributed by atoms with Crippen LogP contribution in [0.3, 0.4) is 0 Å². The maximum absolute atomic E-state index is 11.5. The molecule has 1 rings (SSSR count). The van der Waals surface area contributed by atoms with Crippen LogP contribution >= 0.6 is 0 Å². The lowest BCUT2D eigenvalue weighted by molar-refractivity contribution is -0.109. The average Bonchev–Trinajstić information content (AvgIpc) is 2.32. The molecule has 0 saturated heterocycles. The van der Waals surface area contributed by atoms with Crippen molar-refractivity contribution < 1.29 is 19.1 Å². The molecule has 1 N–H and O–H groups in total. The maximum Gasteiger partial charge on any atom is 0.407 e. The van der Waals surface area contributed by atoms with E-state index in [1.807, 2.05) is 6.07 Å². The predicted molar refractivity (Wildman–Crippen MR) is 71.1 cm³/mol. The molecule has 0 unspecified atom stereocenters. The number of nitrogens with one attached hydrogen (secondary N) is 1. The van der Waals surface area contributed by atoms with Crippen molar-refractivity contribution in [3.05, 3.63) is 29.8 Å². The number of rotatable bonds is 5. The van der Waals surface area contributed by atoms with Crippen molar-refractivity contribution in [2.45, 2.75) is 32.9 Å². The zero-order valence-corrected chi connectivity index (χ0v) is 11.4. The highest BCUT2D eigenvalue weighted by Gasteiger charge is 2.15. The minimum atomic E-state index is -0.515. The summed E-state index contributed by atoms with van der Waals surface area (Å²) >= 11 is 0. The van der Waals surface area contributed by atoms with Gasteiger partial charge < -0.3 is 14.8 Å². The van der Waals surface area contributed by atoms with E-state index in [2.05, 4.69) is 5.32 Å². The Morgan fingerprint density at radius 2 is 2.11 bits per heavy atom. The first kappa shape index (κ1) is 15.0. The Hall–Kier alpha value is -2.04. The van der Waals surface area contributed by atoms with E-state index in [1.54, 1.807) is 39.0 Å². The Morgan fingerprint density at radius 3 is 2.74 bits per heavy atom. The first-order valence-electron chi connectivity index (χ1n) is 6.03. The van der Waals surface area contributed by atoms with Gasteiger partial charge in [0.25, 0.3) is 0 Å². The minimum absolute atomic E-state index is 0.0168. The highest BCUT2D eigenvalue weighted by molar-refractivity contribution is 5.67. The van der Waals surface area contributed by atoms with Gasteiger partial charge in [-0.3, -0.25) is 4.79 Å². The molecule has 0 aliphatic rings. The van der Waals surface area contributed by atoms with Gasteiger partial charge in [0.2, 0.25) is 0 Å². The number of aldehydes is 1. The second kappa shape index (κ2) is 6.78. The Bertz CT molecular complexity index is 437. The largest absolute Gasteiger partial charge is 0.486 e. The highest BCUT2D eigenvalue weighted by atomic mass is 16.6. The second-order valence-corrected chi connectivity index (χ2v) is 4.98. The number of carbonyl (C=O) groups is 2. The lowest BCUT2D eigenvalue weighted by atomic mass is 10.2. The summed E-state index contributed by atoms with van der Waals surface area (Å²) in [6, 6.07) is 7.17. The van der Waals surface area contributed by atoms with Crippen molar-refractivity contribution in [3.63, 3.8) is 0 Å². The van der Waals surface area contributed by atoms with Gasteiger partial charge in [-0.25, -0.2) is 4.79 Å². The predicted octanol–water partition coefficient (Wildman–Crippen LogP) is 2.29. The van der Waals surface area contributed by atoms with Gasteiger partial charge in [0.05, 0.1) is 0 Å². The normalized spacial score (nSPS) is 10.7. The van der Waals surface area contributed by atoms with E-state index in [0.717, 1.165) is 5.56 Å². The lowest BCUT2D eigenvalue weighted by Gasteiger charge is -2.19. The molecule has 0 heterocycles. The minimum Gasteiger partial charge on any atom is -0.486 e. The zero-order valence-electron chi connectivity index (χ0n) is 11.4. The van der Waals surface area contributed by atoms with Crippen molar-refractivity contribution in [2.75, 3.05) is 6.61 Å². The fourth-order valence-electron chi connectivity index (χ4n) is 1.36. The lowest BCUT2D eigenvalue weighted by Crippen LogP contribution is -2.32. The van der Waals surface area contributed by atoms with E-state index < -0.39 is 11.7 Å². The van der Waals surface area contributed by atoms with E-state index in [0.29, 0.717) is 18.6 Å². The molecular formula is C14H19NO4. The summed E-state index contributed by atoms with van der Waals surface area (Å²) in [5.74, 6) is 0.593. The van der Waals surface area contributed by atoms with Gasteiger partial charge in [0, 0.05) is 6.54 Å². The van der Waals surface area contributed by atoms with Crippen LogP contribution in [0.4, 0.5) is 4.79 Å². The first-order chi connectivity index (χ1) is 8.90. The molecule has 104 valence electrons. The Balaban J connectivity index is 2.48. The van der Waals surface area contributed by atoms with Crippen LogP contribution in [-0.4, -0.2) is 24.6 Å². The molecule has 0 spiro atoms. The summed E-state index contributed by atoms with van der Waals surface area (Å²) in [6.07, 6.45) is 0.220. The van der Waals surface area contributed by atoms with Crippen molar-refractivity contribution in [3.8, 4) is 5.75 Å². The zero-order chi connectivity index (χ0) is 14.3. The topological polar surface area (TPSA) is 64.6 Å². The number of ether oxygens (including phenoxy) is 2. The fraction of sp³-hybridized carbons (Fsp3) is 0.429. The molecular weight excluding hydrogens is 246 g/mol. The third kappa shape index (κ3) is 6.45. The van der Waals surface area contributed by atoms with E-state index in [9.17, 15) is 9.59 Å². The third-order valence-electron chi connectivity index (χ3n) is 2.05. The molecule has 1 amide bonds. The molecule has 0 aliphatic heterocycles. The smallest absolute Gasteiger partial charge is 0.407 e. The molecule has 19 heavy (non-hydrogen) atoms. The van der Waals surface area contributed by atoms with Crippen molar-refractivity contribution >= 4 is 12.4 Å². The number of carbonyl (C=O) groups excluding carboxylic acids is 2. The number of amides is 1. The molecule has 1 aromatic rings. The quantitative estimate of drug-likeness (QED) is 0.830. The molecule has 1 aromatic carbocycles. The third-order valence-corrected chi connectivity index (χ3v) is 2.05. The van der Waals surface area contributed by atoms with Gasteiger partial charge in [0.15, 0.2) is 6.29 Å². The Labute approximate surface area is 112 Å². The van der Waals surface area contributed by atoms with Gasteiger partial charge >= 0.3 is 6.09 Å². The van der Waals surface area contributed by atoms with Crippen LogP contribution < -0.4 is 10.1 Å². The summed E-state index contributed by atoms with van der Waals surface area (Å²) in [5.41, 5.74) is 0.355. The standard InChI is InChI=1S/C14H19NO4/c1-14(2,3)19-13(17)15-10-11-5-4-6-12(9-11)18-8-7-16/h4-7,9H,8,10H2,1-3H3,(H,15,17). The molecule has 0 aromatic heterocycles. The van der Waals surface area contributed by atoms with Crippen LogP contribution in [0.2, 0.25) is 0 Å². The maximum atomic E-state index is 11.5. The molecule has 5 nitrogen and oxygen atoms in total. The van der Waals surface area contributed by atoms with E-state index >= 15 is 0 Å². The first-order valence-corrected chi connectivity index (χ1v) is 6.03. The van der Waals surface area contributed by atoms with Crippen LogP contribution in [0.15, 0.2) is 24.3 Å². The Morgan fingerprint density at radius 1 is 1.37 bits per heavy atom. The molecule has 0 aliphatic carbocycles. The Kier molecular flexibility index (Phi) is 5.36. The number of alkyl carbamates (subject to hydrolysis) is 1. The van der Waals surface area contributed by atoms with Gasteiger partial charge in [0.1, 0.15) is 18.0 Å². The van der Waals surface area contributed by atoms with Crippen LogP contribution in [0.5, 0.6) is 5.75 Å². The molecule has 0 atom stereocenters. The number of hydrogen-bond donors (Lipinski definition) is 1. The summed E-state index contributed by atoms with van der Waals surface area (Å²) in [6.45, 7) is 5.78. The monoisotopic (exact) mass is 265 g/mol. The number of hydrogen-bond acceptors (Lipinski definition) is 4. The summed E-state index contributed by atoms with van der Waals surface area (Å²) < 4.78 is 10.3. The number of benzene rings is 1. The fourth-order valence-corrected chi connectivity index (χ4v) is 1.36. The van der Waals surface area contributed by atoms with E-state index in [-0.39, 0.29) is 6.61 Å². The summed E-state index contributed by atoms with van der Waals surface area (Å²) in [4.78, 5) is 21.7. The van der Waals surface area contributed by atoms with Gasteiger partial charge in [-0.15, -0.1) is 0 Å². The van der Waals surface area contributed by atoms with E-state index in [1.165, 1.54) is 0 Å². The van der Waals surface area contributed by atoms with Crippen molar-refractivity contribution in [1.82, 2.24) is 5.32 Å². The SMILES string of the molecule is CC(C)(C)OC(=O)NCc1cccc(OCC=O)c1. The molecule has 0 bridgehead atoms.